The SMILES string of the molecule is COC(=O)C1=C(C)N=c2s/c(=C\c3ccc(-c4cccc(C(=O)O)c4)o3)c(=O)n2[C@H]1c1ccc(OC)cc1OC. The van der Waals surface area contributed by atoms with E-state index in [9.17, 15) is 19.5 Å². The van der Waals surface area contributed by atoms with Crippen LogP contribution >= 0.6 is 11.3 Å². The third kappa shape index (κ3) is 4.71. The van der Waals surface area contributed by atoms with Gasteiger partial charge in [-0.05, 0) is 43.3 Å². The molecule has 0 fully saturated rings. The zero-order valence-corrected chi connectivity index (χ0v) is 22.8. The molecule has 204 valence electrons. The number of furan rings is 1. The Balaban J connectivity index is 1.65. The van der Waals surface area contributed by atoms with Gasteiger partial charge in [-0.1, -0.05) is 23.5 Å². The number of carbonyl (C=O) groups is 2. The summed E-state index contributed by atoms with van der Waals surface area (Å²) in [5.74, 6) is 0.164. The molecular weight excluding hydrogens is 536 g/mol. The molecule has 1 atom stereocenters. The highest BCUT2D eigenvalue weighted by atomic mass is 32.1. The number of rotatable bonds is 7. The first-order valence-corrected chi connectivity index (χ1v) is 12.8. The zero-order chi connectivity index (χ0) is 28.6. The second kappa shape index (κ2) is 10.7. The standard InChI is InChI=1S/C29H24N2O8S/c1-15-24(28(35)38-4)25(20-10-8-18(36-2)13-22(20)37-3)31-26(32)23(40-29(31)30-15)14-19-9-11-21(39-19)16-6-5-7-17(12-16)27(33)34/h5-14,25H,1-4H3,(H,33,34)/b23-14-/t25-/m0/s1. The van der Waals surface area contributed by atoms with Crippen molar-refractivity contribution in [2.75, 3.05) is 21.3 Å². The van der Waals surface area contributed by atoms with Crippen LogP contribution in [0, 0.1) is 0 Å². The number of hydrogen-bond acceptors (Lipinski definition) is 9. The number of esters is 1. The largest absolute Gasteiger partial charge is 0.497 e. The number of carboxylic acid groups (broad SMARTS) is 1. The van der Waals surface area contributed by atoms with Gasteiger partial charge in [0.1, 0.15) is 29.1 Å². The molecule has 0 spiro atoms. The van der Waals surface area contributed by atoms with Crippen molar-refractivity contribution >= 4 is 29.4 Å². The molecule has 0 bridgehead atoms. The number of hydrogen-bond donors (Lipinski definition) is 1. The number of ether oxygens (including phenoxy) is 3. The van der Waals surface area contributed by atoms with Gasteiger partial charge in [-0.25, -0.2) is 14.6 Å². The zero-order valence-electron chi connectivity index (χ0n) is 22.0. The fourth-order valence-corrected chi connectivity index (χ4v) is 5.58. The summed E-state index contributed by atoms with van der Waals surface area (Å²) in [6.07, 6.45) is 1.59. The lowest BCUT2D eigenvalue weighted by Gasteiger charge is -2.25. The number of fused-ring (bicyclic) bond motifs is 1. The van der Waals surface area contributed by atoms with Gasteiger partial charge in [-0.15, -0.1) is 0 Å². The first-order valence-electron chi connectivity index (χ1n) is 12.0. The molecule has 2 aromatic heterocycles. The van der Waals surface area contributed by atoms with Crippen LogP contribution in [0.1, 0.15) is 34.6 Å². The molecule has 3 heterocycles. The van der Waals surface area contributed by atoms with Crippen LogP contribution in [-0.2, 0) is 9.53 Å². The van der Waals surface area contributed by atoms with Gasteiger partial charge in [0.05, 0.1) is 42.7 Å². The second-order valence-electron chi connectivity index (χ2n) is 8.77. The van der Waals surface area contributed by atoms with Crippen LogP contribution in [0.4, 0.5) is 0 Å². The van der Waals surface area contributed by atoms with Crippen LogP contribution in [-0.4, -0.2) is 42.9 Å². The Morgan fingerprint density at radius 1 is 1.07 bits per heavy atom. The molecule has 10 nitrogen and oxygen atoms in total. The van der Waals surface area contributed by atoms with E-state index < -0.39 is 18.0 Å². The van der Waals surface area contributed by atoms with Gasteiger partial charge >= 0.3 is 11.9 Å². The second-order valence-corrected chi connectivity index (χ2v) is 9.78. The van der Waals surface area contributed by atoms with Crippen molar-refractivity contribution < 1.29 is 33.3 Å². The van der Waals surface area contributed by atoms with Crippen LogP contribution in [0.2, 0.25) is 0 Å². The molecule has 1 N–H and O–H groups in total. The van der Waals surface area contributed by atoms with Crippen LogP contribution in [0.15, 0.2) is 80.1 Å². The Labute approximate surface area is 231 Å². The molecule has 1 aliphatic rings. The number of carbonyl (C=O) groups excluding carboxylic acids is 1. The summed E-state index contributed by atoms with van der Waals surface area (Å²) in [7, 11) is 4.30. The van der Waals surface area contributed by atoms with E-state index >= 15 is 0 Å². The molecule has 0 saturated carbocycles. The number of carboxylic acids is 1. The van der Waals surface area contributed by atoms with Gasteiger partial charge in [0.15, 0.2) is 4.80 Å². The minimum Gasteiger partial charge on any atom is -0.497 e. The highest BCUT2D eigenvalue weighted by Gasteiger charge is 2.35. The maximum absolute atomic E-state index is 13.8. The van der Waals surface area contributed by atoms with Crippen molar-refractivity contribution in [2.45, 2.75) is 13.0 Å². The van der Waals surface area contributed by atoms with E-state index in [0.29, 0.717) is 49.2 Å². The summed E-state index contributed by atoms with van der Waals surface area (Å²) in [5.41, 5.74) is 1.53. The van der Waals surface area contributed by atoms with Gasteiger partial charge < -0.3 is 23.7 Å². The molecule has 0 unspecified atom stereocenters. The summed E-state index contributed by atoms with van der Waals surface area (Å²) in [6, 6.07) is 14.1. The number of methoxy groups -OCH3 is 3. The van der Waals surface area contributed by atoms with Crippen LogP contribution in [0.3, 0.4) is 0 Å². The number of benzene rings is 2. The molecule has 0 radical (unpaired) electrons. The Hall–Kier alpha value is -4.90. The quantitative estimate of drug-likeness (QED) is 0.341. The first-order chi connectivity index (χ1) is 19.2. The fourth-order valence-electron chi connectivity index (χ4n) is 4.55. The lowest BCUT2D eigenvalue weighted by Crippen LogP contribution is -2.40. The highest BCUT2D eigenvalue weighted by molar-refractivity contribution is 7.07. The van der Waals surface area contributed by atoms with Crippen molar-refractivity contribution in [1.29, 1.82) is 0 Å². The summed E-state index contributed by atoms with van der Waals surface area (Å²) in [4.78, 5) is 43.0. The number of aromatic carboxylic acids is 1. The van der Waals surface area contributed by atoms with Crippen molar-refractivity contribution in [1.82, 2.24) is 4.57 Å². The number of allylic oxidation sites excluding steroid dienone is 1. The molecule has 1 aliphatic heterocycles. The summed E-state index contributed by atoms with van der Waals surface area (Å²) in [5, 5.41) is 9.29. The molecule has 5 rings (SSSR count). The Kier molecular flexibility index (Phi) is 7.14. The van der Waals surface area contributed by atoms with Crippen molar-refractivity contribution in [2.24, 2.45) is 4.99 Å². The summed E-state index contributed by atoms with van der Waals surface area (Å²) in [6.45, 7) is 1.69. The molecule has 40 heavy (non-hydrogen) atoms. The van der Waals surface area contributed by atoms with Gasteiger partial charge in [0, 0.05) is 23.3 Å². The normalized spacial score (nSPS) is 14.9. The van der Waals surface area contributed by atoms with E-state index in [1.54, 1.807) is 55.5 Å². The lowest BCUT2D eigenvalue weighted by molar-refractivity contribution is -0.136. The van der Waals surface area contributed by atoms with E-state index in [-0.39, 0.29) is 16.7 Å². The van der Waals surface area contributed by atoms with Crippen molar-refractivity contribution in [3.8, 4) is 22.8 Å². The summed E-state index contributed by atoms with van der Waals surface area (Å²) < 4.78 is 23.7. The van der Waals surface area contributed by atoms with Crippen LogP contribution < -0.4 is 24.4 Å². The molecule has 2 aromatic carbocycles. The monoisotopic (exact) mass is 560 g/mol. The fraction of sp³-hybridized carbons (Fsp3) is 0.172. The van der Waals surface area contributed by atoms with E-state index in [1.165, 1.54) is 38.0 Å². The predicted molar refractivity (Wildman–Crippen MR) is 146 cm³/mol. The van der Waals surface area contributed by atoms with Gasteiger partial charge in [0.25, 0.3) is 5.56 Å². The van der Waals surface area contributed by atoms with Crippen molar-refractivity contribution in [3.63, 3.8) is 0 Å². The minimum atomic E-state index is -1.04. The van der Waals surface area contributed by atoms with Gasteiger partial charge in [-0.2, -0.15) is 0 Å². The molecular formula is C29H24N2O8S. The number of nitrogens with zero attached hydrogens (tertiary/aromatic N) is 2. The van der Waals surface area contributed by atoms with Gasteiger partial charge in [-0.3, -0.25) is 9.36 Å². The van der Waals surface area contributed by atoms with E-state index in [0.717, 1.165) is 11.3 Å². The Morgan fingerprint density at radius 3 is 2.58 bits per heavy atom. The molecule has 0 amide bonds. The minimum absolute atomic E-state index is 0.134. The van der Waals surface area contributed by atoms with Crippen LogP contribution in [0.25, 0.3) is 17.4 Å². The lowest BCUT2D eigenvalue weighted by atomic mass is 9.95. The Morgan fingerprint density at radius 2 is 1.88 bits per heavy atom. The topological polar surface area (TPSA) is 130 Å². The van der Waals surface area contributed by atoms with E-state index in [1.807, 2.05) is 0 Å². The van der Waals surface area contributed by atoms with Crippen molar-refractivity contribution in [3.05, 3.63) is 102 Å². The average Bonchev–Trinajstić information content (AvgIpc) is 3.55. The predicted octanol–water partition coefficient (Wildman–Crippen LogP) is 3.38. The molecule has 11 heteroatoms. The maximum atomic E-state index is 13.8. The number of aromatic nitrogens is 1. The van der Waals surface area contributed by atoms with Gasteiger partial charge in [0.2, 0.25) is 0 Å². The maximum Gasteiger partial charge on any atom is 0.338 e. The highest BCUT2D eigenvalue weighted by Crippen LogP contribution is 2.37. The van der Waals surface area contributed by atoms with Crippen LogP contribution in [0.5, 0.6) is 11.5 Å². The molecule has 4 aromatic rings. The third-order valence-corrected chi connectivity index (χ3v) is 7.44. The van der Waals surface area contributed by atoms with E-state index in [4.69, 9.17) is 18.6 Å². The average molecular weight is 561 g/mol. The number of thiazole rings is 1. The Bertz CT molecular complexity index is 1860. The third-order valence-electron chi connectivity index (χ3n) is 6.46. The molecule has 0 saturated heterocycles. The smallest absolute Gasteiger partial charge is 0.338 e. The summed E-state index contributed by atoms with van der Waals surface area (Å²) >= 11 is 1.15. The molecule has 0 aliphatic carbocycles. The van der Waals surface area contributed by atoms with E-state index in [2.05, 4.69) is 4.99 Å². The first kappa shape index (κ1) is 26.7.